The number of nitrogens with zero attached hydrogens (tertiary/aromatic N) is 2. The number of hydrogen-bond acceptors (Lipinski definition) is 5. The Morgan fingerprint density at radius 3 is 2.74 bits per heavy atom. The van der Waals surface area contributed by atoms with Crippen molar-refractivity contribution < 1.29 is 9.53 Å². The van der Waals surface area contributed by atoms with Gasteiger partial charge >= 0.3 is 0 Å². The predicted molar refractivity (Wildman–Crippen MR) is 101 cm³/mol. The lowest BCUT2D eigenvalue weighted by Gasteiger charge is -2.29. The summed E-state index contributed by atoms with van der Waals surface area (Å²) in [7, 11) is 0. The third kappa shape index (κ3) is 3.97. The summed E-state index contributed by atoms with van der Waals surface area (Å²) in [4.78, 5) is 35.5. The highest BCUT2D eigenvalue weighted by Crippen LogP contribution is 2.23. The Morgan fingerprint density at radius 1 is 1.15 bits per heavy atom. The Balaban J connectivity index is 1.39. The second kappa shape index (κ2) is 7.57. The number of rotatable bonds is 4. The smallest absolute Gasteiger partial charge is 0.252 e. The molecule has 1 aliphatic rings. The number of benzene rings is 1. The number of carbonyl (C=O) groups excluding carboxylic acids is 1. The van der Waals surface area contributed by atoms with Crippen LogP contribution in [0.2, 0.25) is 0 Å². The van der Waals surface area contributed by atoms with E-state index >= 15 is 0 Å². The Kier molecular flexibility index (Phi) is 4.82. The van der Waals surface area contributed by atoms with Gasteiger partial charge in [-0.2, -0.15) is 0 Å². The summed E-state index contributed by atoms with van der Waals surface area (Å²) >= 11 is 0. The molecule has 0 aliphatic heterocycles. The number of nitrogens with one attached hydrogen (secondary N) is 2. The quantitative estimate of drug-likeness (QED) is 0.741. The lowest BCUT2D eigenvalue weighted by atomic mass is 9.92. The van der Waals surface area contributed by atoms with Crippen LogP contribution in [0.4, 0.5) is 0 Å². The van der Waals surface area contributed by atoms with Crippen molar-refractivity contribution in [2.75, 3.05) is 0 Å². The molecule has 0 atom stereocenters. The molecule has 1 amide bonds. The van der Waals surface area contributed by atoms with Gasteiger partial charge in [-0.25, -0.2) is 4.98 Å². The number of H-pyrrole nitrogens is 1. The van der Waals surface area contributed by atoms with Crippen molar-refractivity contribution in [1.29, 1.82) is 0 Å². The summed E-state index contributed by atoms with van der Waals surface area (Å²) in [6, 6.07) is 8.75. The minimum Gasteiger partial charge on any atom is -0.473 e. The first-order valence-corrected chi connectivity index (χ1v) is 9.04. The molecular weight excluding hydrogens is 344 g/mol. The van der Waals surface area contributed by atoms with Gasteiger partial charge in [0.25, 0.3) is 5.91 Å². The normalized spacial score (nSPS) is 19.6. The molecule has 7 nitrogen and oxygen atoms in total. The average Bonchev–Trinajstić information content (AvgIpc) is 2.69. The summed E-state index contributed by atoms with van der Waals surface area (Å²) in [5, 5.41) is 3.81. The number of hydrogen-bond donors (Lipinski definition) is 2. The van der Waals surface area contributed by atoms with Crippen molar-refractivity contribution in [2.45, 2.75) is 37.8 Å². The van der Waals surface area contributed by atoms with Crippen molar-refractivity contribution in [2.24, 2.45) is 0 Å². The van der Waals surface area contributed by atoms with Crippen molar-refractivity contribution in [3.63, 3.8) is 0 Å². The number of para-hydroxylation sites is 1. The summed E-state index contributed by atoms with van der Waals surface area (Å²) < 4.78 is 5.83. The molecule has 1 fully saturated rings. The second-order valence-corrected chi connectivity index (χ2v) is 6.70. The number of aromatic amines is 1. The Morgan fingerprint density at radius 2 is 1.96 bits per heavy atom. The van der Waals surface area contributed by atoms with Crippen LogP contribution >= 0.6 is 0 Å². The zero-order valence-corrected chi connectivity index (χ0v) is 14.7. The SMILES string of the molecule is O=C(NC1CCC(Oc2cnccn2)CC1)c1cc(=O)[nH]c2ccccc12. The number of amides is 1. The van der Waals surface area contributed by atoms with Gasteiger partial charge < -0.3 is 15.0 Å². The van der Waals surface area contributed by atoms with Crippen LogP contribution in [0.5, 0.6) is 5.88 Å². The van der Waals surface area contributed by atoms with Gasteiger partial charge in [-0.3, -0.25) is 14.6 Å². The topological polar surface area (TPSA) is 97.0 Å². The van der Waals surface area contributed by atoms with E-state index in [1.54, 1.807) is 24.7 Å². The van der Waals surface area contributed by atoms with Crippen LogP contribution in [-0.4, -0.2) is 33.0 Å². The highest BCUT2D eigenvalue weighted by molar-refractivity contribution is 6.06. The van der Waals surface area contributed by atoms with Crippen LogP contribution in [0.1, 0.15) is 36.0 Å². The van der Waals surface area contributed by atoms with Crippen LogP contribution in [0.25, 0.3) is 10.9 Å². The molecule has 0 unspecified atom stereocenters. The first-order valence-electron chi connectivity index (χ1n) is 9.04. The van der Waals surface area contributed by atoms with E-state index in [1.807, 2.05) is 18.2 Å². The Labute approximate surface area is 155 Å². The molecule has 3 aromatic rings. The van der Waals surface area contributed by atoms with E-state index in [-0.39, 0.29) is 23.6 Å². The molecule has 4 rings (SSSR count). The first-order chi connectivity index (χ1) is 13.2. The fraction of sp³-hybridized carbons (Fsp3) is 0.300. The van der Waals surface area contributed by atoms with Gasteiger partial charge in [0.2, 0.25) is 11.4 Å². The molecular formula is C20H20N4O3. The molecule has 0 radical (unpaired) electrons. The lowest BCUT2D eigenvalue weighted by Crippen LogP contribution is -2.40. The van der Waals surface area contributed by atoms with Crippen molar-refractivity contribution >= 4 is 16.8 Å². The molecule has 1 saturated carbocycles. The maximum Gasteiger partial charge on any atom is 0.252 e. The van der Waals surface area contributed by atoms with Crippen LogP contribution in [0.15, 0.2) is 53.7 Å². The van der Waals surface area contributed by atoms with Crippen molar-refractivity contribution in [3.05, 3.63) is 64.8 Å². The molecule has 2 aromatic heterocycles. The van der Waals surface area contributed by atoms with E-state index in [0.29, 0.717) is 17.0 Å². The summed E-state index contributed by atoms with van der Waals surface area (Å²) in [6.07, 6.45) is 8.19. The van der Waals surface area contributed by atoms with Crippen molar-refractivity contribution in [3.8, 4) is 5.88 Å². The molecule has 0 bridgehead atoms. The van der Waals surface area contributed by atoms with Crippen LogP contribution < -0.4 is 15.6 Å². The third-order valence-corrected chi connectivity index (χ3v) is 4.83. The lowest BCUT2D eigenvalue weighted by molar-refractivity contribution is 0.0891. The monoisotopic (exact) mass is 364 g/mol. The molecule has 1 aliphatic carbocycles. The molecule has 0 saturated heterocycles. The van der Waals surface area contributed by atoms with Gasteiger partial charge in [0.05, 0.1) is 11.8 Å². The molecule has 1 aromatic carbocycles. The van der Waals surface area contributed by atoms with Gasteiger partial charge in [0, 0.05) is 35.4 Å². The van der Waals surface area contributed by atoms with E-state index in [0.717, 1.165) is 31.1 Å². The average molecular weight is 364 g/mol. The molecule has 138 valence electrons. The van der Waals surface area contributed by atoms with Gasteiger partial charge in [-0.05, 0) is 31.7 Å². The number of ether oxygens (including phenoxy) is 1. The number of carbonyl (C=O) groups is 1. The van der Waals surface area contributed by atoms with Gasteiger partial charge in [0.1, 0.15) is 6.10 Å². The highest BCUT2D eigenvalue weighted by atomic mass is 16.5. The largest absolute Gasteiger partial charge is 0.473 e. The summed E-state index contributed by atoms with van der Waals surface area (Å²) in [6.45, 7) is 0. The number of aromatic nitrogens is 3. The van der Waals surface area contributed by atoms with Crippen molar-refractivity contribution in [1.82, 2.24) is 20.3 Å². The van der Waals surface area contributed by atoms with Gasteiger partial charge in [0.15, 0.2) is 0 Å². The van der Waals surface area contributed by atoms with Crippen LogP contribution in [0.3, 0.4) is 0 Å². The highest BCUT2D eigenvalue weighted by Gasteiger charge is 2.25. The zero-order chi connectivity index (χ0) is 18.6. The van der Waals surface area contributed by atoms with Gasteiger partial charge in [-0.15, -0.1) is 0 Å². The van der Waals surface area contributed by atoms with E-state index in [2.05, 4.69) is 20.3 Å². The third-order valence-electron chi connectivity index (χ3n) is 4.83. The minimum atomic E-state index is -0.278. The van der Waals surface area contributed by atoms with E-state index in [9.17, 15) is 9.59 Å². The second-order valence-electron chi connectivity index (χ2n) is 6.70. The maximum absolute atomic E-state index is 12.7. The summed E-state index contributed by atoms with van der Waals surface area (Å²) in [5.41, 5.74) is 0.795. The maximum atomic E-state index is 12.7. The Bertz CT molecular complexity index is 995. The fourth-order valence-corrected chi connectivity index (χ4v) is 3.50. The fourth-order valence-electron chi connectivity index (χ4n) is 3.50. The minimum absolute atomic E-state index is 0.0669. The predicted octanol–water partition coefficient (Wildman–Crippen LogP) is 2.44. The molecule has 7 heteroatoms. The molecule has 27 heavy (non-hydrogen) atoms. The van der Waals surface area contributed by atoms with E-state index in [4.69, 9.17) is 4.74 Å². The molecule has 2 N–H and O–H groups in total. The standard InChI is InChI=1S/C20H20N4O3/c25-18-11-16(15-3-1-2-4-17(15)24-18)20(26)23-13-5-7-14(8-6-13)27-19-12-21-9-10-22-19/h1-4,9-14H,5-8H2,(H,23,26)(H,24,25). The Hall–Kier alpha value is -3.22. The van der Waals surface area contributed by atoms with E-state index in [1.165, 1.54) is 6.07 Å². The van der Waals surface area contributed by atoms with E-state index < -0.39 is 0 Å². The number of fused-ring (bicyclic) bond motifs is 1. The van der Waals surface area contributed by atoms with Crippen LogP contribution in [-0.2, 0) is 0 Å². The zero-order valence-electron chi connectivity index (χ0n) is 14.7. The molecule has 2 heterocycles. The van der Waals surface area contributed by atoms with Crippen LogP contribution in [0, 0.1) is 0 Å². The summed E-state index contributed by atoms with van der Waals surface area (Å²) in [5.74, 6) is 0.315. The first kappa shape index (κ1) is 17.2. The molecule has 0 spiro atoms. The number of pyridine rings is 1. The van der Waals surface area contributed by atoms with Gasteiger partial charge in [-0.1, -0.05) is 18.2 Å².